The van der Waals surface area contributed by atoms with Crippen molar-refractivity contribution in [3.63, 3.8) is 0 Å². The molecule has 1 N–H and O–H groups in total. The molecule has 0 aromatic carbocycles. The molecule has 7 nitrogen and oxygen atoms in total. The van der Waals surface area contributed by atoms with Gasteiger partial charge in [0.1, 0.15) is 12.7 Å². The van der Waals surface area contributed by atoms with E-state index in [1.54, 1.807) is 17.2 Å². The van der Waals surface area contributed by atoms with Gasteiger partial charge in [0.2, 0.25) is 0 Å². The third-order valence-corrected chi connectivity index (χ3v) is 5.22. The molecule has 128 valence electrons. The zero-order valence-corrected chi connectivity index (χ0v) is 14.3. The normalized spacial score (nSPS) is 16.9. The van der Waals surface area contributed by atoms with Crippen LogP contribution >= 0.6 is 11.3 Å². The topological polar surface area (TPSA) is 81.9 Å². The predicted molar refractivity (Wildman–Crippen MR) is 92.6 cm³/mol. The lowest BCUT2D eigenvalue weighted by molar-refractivity contribution is 0.0955. The Morgan fingerprint density at radius 1 is 1.40 bits per heavy atom. The molecule has 0 spiro atoms. The number of pyridine rings is 1. The van der Waals surface area contributed by atoms with Crippen LogP contribution in [0.15, 0.2) is 43.1 Å². The van der Waals surface area contributed by atoms with Crippen LogP contribution in [0, 0.1) is 0 Å². The van der Waals surface area contributed by atoms with Crippen LogP contribution in [-0.4, -0.2) is 32.3 Å². The van der Waals surface area contributed by atoms with Crippen LogP contribution in [0.2, 0.25) is 0 Å². The second-order valence-corrected chi connectivity index (χ2v) is 6.83. The zero-order chi connectivity index (χ0) is 17.1. The van der Waals surface area contributed by atoms with E-state index in [9.17, 15) is 4.79 Å². The van der Waals surface area contributed by atoms with Crippen molar-refractivity contribution in [1.29, 1.82) is 0 Å². The summed E-state index contributed by atoms with van der Waals surface area (Å²) >= 11 is 1.50. The molecule has 1 atom stereocenters. The highest BCUT2D eigenvalue weighted by molar-refractivity contribution is 7.14. The number of thiophene rings is 1. The Morgan fingerprint density at radius 2 is 2.36 bits per heavy atom. The highest BCUT2D eigenvalue weighted by Crippen LogP contribution is 2.33. The molecular formula is C17H17N5O2S. The average Bonchev–Trinajstić information content (AvgIpc) is 3.41. The summed E-state index contributed by atoms with van der Waals surface area (Å²) < 4.78 is 7.26. The van der Waals surface area contributed by atoms with Crippen molar-refractivity contribution >= 4 is 17.2 Å². The number of hydrogen-bond acceptors (Lipinski definition) is 6. The maximum atomic E-state index is 12.4. The highest BCUT2D eigenvalue weighted by atomic mass is 32.1. The summed E-state index contributed by atoms with van der Waals surface area (Å²) in [5.41, 5.74) is 0.872. The van der Waals surface area contributed by atoms with Gasteiger partial charge in [0, 0.05) is 29.8 Å². The predicted octanol–water partition coefficient (Wildman–Crippen LogP) is 2.51. The Kier molecular flexibility index (Phi) is 4.53. The second-order valence-electron chi connectivity index (χ2n) is 5.71. The molecular weight excluding hydrogens is 338 g/mol. The maximum absolute atomic E-state index is 12.4. The number of nitrogens with zero attached hydrogens (tertiary/aromatic N) is 4. The first-order valence-corrected chi connectivity index (χ1v) is 8.91. The molecule has 1 saturated heterocycles. The van der Waals surface area contributed by atoms with E-state index in [-0.39, 0.29) is 12.0 Å². The van der Waals surface area contributed by atoms with Gasteiger partial charge >= 0.3 is 0 Å². The number of ether oxygens (including phenoxy) is 1. The number of carbonyl (C=O) groups excluding carboxylic acids is 1. The van der Waals surface area contributed by atoms with Gasteiger partial charge in [-0.3, -0.25) is 4.79 Å². The van der Waals surface area contributed by atoms with Crippen molar-refractivity contribution in [2.45, 2.75) is 25.5 Å². The van der Waals surface area contributed by atoms with Crippen molar-refractivity contribution in [3.8, 4) is 5.82 Å². The molecule has 0 aliphatic carbocycles. The standard InChI is InChI=1S/C17H17N5O2S/c23-17(15-6-5-14(25-15)13-4-2-8-24-13)20-9-12-3-1-7-19-16(12)22-11-18-10-21-22/h1,3,5-7,10-11,13H,2,4,8-9H2,(H,20,23). The SMILES string of the molecule is O=C(NCc1cccnc1-n1cncn1)c1ccc(C2CCCO2)s1. The Hall–Kier alpha value is -2.58. The average molecular weight is 355 g/mol. The molecule has 25 heavy (non-hydrogen) atoms. The van der Waals surface area contributed by atoms with E-state index in [0.29, 0.717) is 17.2 Å². The fraction of sp³-hybridized carbons (Fsp3) is 0.294. The van der Waals surface area contributed by atoms with Gasteiger partial charge in [-0.1, -0.05) is 6.07 Å². The minimum absolute atomic E-state index is 0.0948. The zero-order valence-electron chi connectivity index (χ0n) is 13.5. The number of nitrogens with one attached hydrogen (secondary N) is 1. The van der Waals surface area contributed by atoms with Gasteiger partial charge in [-0.2, -0.15) is 5.10 Å². The first kappa shape index (κ1) is 15.9. The molecule has 3 aromatic heterocycles. The summed E-state index contributed by atoms with van der Waals surface area (Å²) in [4.78, 5) is 22.5. The molecule has 4 rings (SSSR count). The van der Waals surface area contributed by atoms with Crippen LogP contribution in [0.3, 0.4) is 0 Å². The van der Waals surface area contributed by atoms with Gasteiger partial charge in [-0.15, -0.1) is 11.3 Å². The van der Waals surface area contributed by atoms with E-state index in [1.165, 1.54) is 17.7 Å². The molecule has 0 bridgehead atoms. The molecule has 0 saturated carbocycles. The number of rotatable bonds is 5. The lowest BCUT2D eigenvalue weighted by Gasteiger charge is -2.09. The molecule has 1 fully saturated rings. The van der Waals surface area contributed by atoms with Gasteiger partial charge in [-0.05, 0) is 31.0 Å². The van der Waals surface area contributed by atoms with Gasteiger partial charge < -0.3 is 10.1 Å². The van der Waals surface area contributed by atoms with Gasteiger partial charge in [0.05, 0.1) is 11.0 Å². The third-order valence-electron chi connectivity index (χ3n) is 4.04. The van der Waals surface area contributed by atoms with Crippen molar-refractivity contribution in [1.82, 2.24) is 25.1 Å². The van der Waals surface area contributed by atoms with Crippen LogP contribution in [-0.2, 0) is 11.3 Å². The molecule has 3 aromatic rings. The molecule has 1 aliphatic rings. The summed E-state index contributed by atoms with van der Waals surface area (Å²) in [5, 5.41) is 7.05. The van der Waals surface area contributed by atoms with Crippen molar-refractivity contribution in [3.05, 3.63) is 58.4 Å². The Bertz CT molecular complexity index is 856. The molecule has 8 heteroatoms. The van der Waals surface area contributed by atoms with Gasteiger partial charge in [-0.25, -0.2) is 14.6 Å². The number of amides is 1. The molecule has 0 radical (unpaired) electrons. The van der Waals surface area contributed by atoms with Crippen LogP contribution < -0.4 is 5.32 Å². The van der Waals surface area contributed by atoms with E-state index in [2.05, 4.69) is 20.4 Å². The van der Waals surface area contributed by atoms with Gasteiger partial charge in [0.15, 0.2) is 5.82 Å². The van der Waals surface area contributed by atoms with E-state index in [1.807, 2.05) is 24.3 Å². The Morgan fingerprint density at radius 3 is 3.16 bits per heavy atom. The largest absolute Gasteiger partial charge is 0.373 e. The van der Waals surface area contributed by atoms with E-state index < -0.39 is 0 Å². The van der Waals surface area contributed by atoms with E-state index in [0.717, 1.165) is 29.9 Å². The van der Waals surface area contributed by atoms with Gasteiger partial charge in [0.25, 0.3) is 5.91 Å². The van der Waals surface area contributed by atoms with Crippen LogP contribution in [0.1, 0.15) is 39.1 Å². The highest BCUT2D eigenvalue weighted by Gasteiger charge is 2.21. The smallest absolute Gasteiger partial charge is 0.261 e. The Balaban J connectivity index is 1.44. The van der Waals surface area contributed by atoms with Crippen LogP contribution in [0.25, 0.3) is 5.82 Å². The molecule has 4 heterocycles. The van der Waals surface area contributed by atoms with E-state index in [4.69, 9.17) is 4.74 Å². The quantitative estimate of drug-likeness (QED) is 0.760. The summed E-state index contributed by atoms with van der Waals surface area (Å²) in [6, 6.07) is 7.60. The van der Waals surface area contributed by atoms with Crippen molar-refractivity contribution in [2.24, 2.45) is 0 Å². The number of hydrogen-bond donors (Lipinski definition) is 1. The first-order valence-electron chi connectivity index (χ1n) is 8.10. The molecule has 1 aliphatic heterocycles. The second kappa shape index (κ2) is 7.12. The number of carbonyl (C=O) groups is 1. The monoisotopic (exact) mass is 355 g/mol. The first-order chi connectivity index (χ1) is 12.3. The third kappa shape index (κ3) is 3.45. The maximum Gasteiger partial charge on any atom is 0.261 e. The summed E-state index contributed by atoms with van der Waals surface area (Å²) in [7, 11) is 0. The summed E-state index contributed by atoms with van der Waals surface area (Å²) in [6.07, 6.45) is 6.98. The van der Waals surface area contributed by atoms with Crippen molar-refractivity contribution in [2.75, 3.05) is 6.61 Å². The number of aromatic nitrogens is 4. The van der Waals surface area contributed by atoms with E-state index >= 15 is 0 Å². The van der Waals surface area contributed by atoms with Crippen LogP contribution in [0.5, 0.6) is 0 Å². The molecule has 1 unspecified atom stereocenters. The Labute approximate surface area is 148 Å². The fourth-order valence-corrected chi connectivity index (χ4v) is 3.81. The summed E-state index contributed by atoms with van der Waals surface area (Å²) in [5.74, 6) is 0.564. The minimum atomic E-state index is -0.0948. The molecule has 1 amide bonds. The lowest BCUT2D eigenvalue weighted by Crippen LogP contribution is -2.23. The fourth-order valence-electron chi connectivity index (χ4n) is 2.80. The lowest BCUT2D eigenvalue weighted by atomic mass is 10.2. The summed E-state index contributed by atoms with van der Waals surface area (Å²) in [6.45, 7) is 1.17. The minimum Gasteiger partial charge on any atom is -0.373 e. The van der Waals surface area contributed by atoms with Crippen molar-refractivity contribution < 1.29 is 9.53 Å². The van der Waals surface area contributed by atoms with Crippen LogP contribution in [0.4, 0.5) is 0 Å².